The number of likely N-dealkylation sites (tertiary alicyclic amines) is 1. The minimum absolute atomic E-state index is 0.00471. The van der Waals surface area contributed by atoms with Gasteiger partial charge >= 0.3 is 6.09 Å². The Bertz CT molecular complexity index is 2100. The van der Waals surface area contributed by atoms with Gasteiger partial charge in [-0.3, -0.25) is 9.59 Å². The molecule has 1 saturated heterocycles. The van der Waals surface area contributed by atoms with Crippen molar-refractivity contribution < 1.29 is 32.3 Å². The number of nitrogens with zero attached hydrogens (tertiary/aromatic N) is 3. The third kappa shape index (κ3) is 6.28. The Morgan fingerprint density at radius 1 is 0.959 bits per heavy atom. The van der Waals surface area contributed by atoms with Crippen molar-refractivity contribution >= 4 is 28.8 Å². The summed E-state index contributed by atoms with van der Waals surface area (Å²) in [6.07, 6.45) is 2.72. The number of nitrogens with one attached hydrogen (secondary N) is 1. The molecule has 0 bridgehead atoms. The van der Waals surface area contributed by atoms with E-state index < -0.39 is 34.7 Å². The predicted molar refractivity (Wildman–Crippen MR) is 180 cm³/mol. The molecule has 0 saturated carbocycles. The molecule has 49 heavy (non-hydrogen) atoms. The minimum atomic E-state index is -0.840. The average Bonchev–Trinajstić information content (AvgIpc) is 3.43. The van der Waals surface area contributed by atoms with Gasteiger partial charge in [0.05, 0.1) is 16.4 Å². The van der Waals surface area contributed by atoms with Crippen LogP contribution in [0.25, 0.3) is 33.4 Å². The number of ketones is 1. The molecular formula is C38H36F2N4O5. The number of aryl methyl sites for hydroxylation is 2. The second-order valence-electron chi connectivity index (χ2n) is 13.5. The van der Waals surface area contributed by atoms with Gasteiger partial charge in [-0.15, -0.1) is 0 Å². The Hall–Kier alpha value is -5.45. The van der Waals surface area contributed by atoms with Crippen LogP contribution in [0.2, 0.25) is 0 Å². The summed E-state index contributed by atoms with van der Waals surface area (Å²) < 4.78 is 41.8. The normalized spacial score (nSPS) is 14.0. The number of ether oxygens (including phenoxy) is 1. The standard InChI is InChI=1S/C38H36F2N4O5/c1-21-16-22(2)27(28(45)18-38(35-42-14-7-15-43-35)19-44(20-38)36(47)49-37(3,4)5)17-26(21)25-12-13-29-30(32(25)40)31(34(46)41-6)33(48-29)23-8-10-24(39)11-9-23/h7-17H,18-20H2,1-6H3,(H,41,46). The van der Waals surface area contributed by atoms with Gasteiger partial charge in [0.1, 0.15) is 34.4 Å². The molecule has 3 heterocycles. The van der Waals surface area contributed by atoms with Crippen LogP contribution in [-0.4, -0.2) is 58.4 Å². The van der Waals surface area contributed by atoms with E-state index in [9.17, 15) is 18.8 Å². The van der Waals surface area contributed by atoms with Gasteiger partial charge in [-0.1, -0.05) is 6.07 Å². The quantitative estimate of drug-likeness (QED) is 0.178. The summed E-state index contributed by atoms with van der Waals surface area (Å²) in [5, 5.41) is 2.52. The van der Waals surface area contributed by atoms with Crippen molar-refractivity contribution in [2.24, 2.45) is 0 Å². The third-order valence-corrected chi connectivity index (χ3v) is 8.69. The van der Waals surface area contributed by atoms with E-state index in [2.05, 4.69) is 15.3 Å². The van der Waals surface area contributed by atoms with Crippen LogP contribution in [-0.2, 0) is 10.2 Å². The van der Waals surface area contributed by atoms with Crippen LogP contribution >= 0.6 is 0 Å². The third-order valence-electron chi connectivity index (χ3n) is 8.69. The number of halogens is 2. The molecule has 0 aliphatic carbocycles. The lowest BCUT2D eigenvalue weighted by molar-refractivity contribution is -0.0127. The van der Waals surface area contributed by atoms with E-state index in [1.165, 1.54) is 36.2 Å². The van der Waals surface area contributed by atoms with E-state index in [4.69, 9.17) is 9.15 Å². The lowest BCUT2D eigenvalue weighted by Crippen LogP contribution is -2.63. The summed E-state index contributed by atoms with van der Waals surface area (Å²) in [5.41, 5.74) is 1.47. The summed E-state index contributed by atoms with van der Waals surface area (Å²) in [7, 11) is 1.43. The summed E-state index contributed by atoms with van der Waals surface area (Å²) in [6, 6.07) is 13.7. The second kappa shape index (κ2) is 12.5. The van der Waals surface area contributed by atoms with Crippen LogP contribution in [0.4, 0.5) is 13.6 Å². The summed E-state index contributed by atoms with van der Waals surface area (Å²) in [5.74, 6) is -1.39. The Morgan fingerprint density at radius 2 is 1.63 bits per heavy atom. The fraction of sp³-hybridized carbons (Fsp3) is 0.289. The number of benzene rings is 3. The van der Waals surface area contributed by atoms with Crippen LogP contribution in [0.1, 0.15) is 64.9 Å². The Balaban J connectivity index is 1.39. The second-order valence-corrected chi connectivity index (χ2v) is 13.5. The first-order chi connectivity index (χ1) is 23.2. The molecule has 9 nitrogen and oxygen atoms in total. The predicted octanol–water partition coefficient (Wildman–Crippen LogP) is 7.57. The van der Waals surface area contributed by atoms with Crippen molar-refractivity contribution in [2.45, 2.75) is 52.1 Å². The van der Waals surface area contributed by atoms with Crippen LogP contribution < -0.4 is 5.32 Å². The van der Waals surface area contributed by atoms with Crippen molar-refractivity contribution in [3.63, 3.8) is 0 Å². The van der Waals surface area contributed by atoms with Crippen molar-refractivity contribution in [3.05, 3.63) is 107 Å². The number of hydrogen-bond acceptors (Lipinski definition) is 7. The lowest BCUT2D eigenvalue weighted by atomic mass is 9.73. The number of rotatable bonds is 7. The summed E-state index contributed by atoms with van der Waals surface area (Å²) in [6.45, 7) is 9.39. The lowest BCUT2D eigenvalue weighted by Gasteiger charge is -2.48. The molecule has 2 amide bonds. The van der Waals surface area contributed by atoms with Gasteiger partial charge in [-0.2, -0.15) is 0 Å². The molecule has 1 aliphatic rings. The highest BCUT2D eigenvalue weighted by Gasteiger charge is 2.51. The topological polar surface area (TPSA) is 115 Å². The zero-order chi connectivity index (χ0) is 35.2. The Labute approximate surface area is 282 Å². The van der Waals surface area contributed by atoms with Crippen molar-refractivity contribution in [2.75, 3.05) is 20.1 Å². The maximum absolute atomic E-state index is 16.7. The first kappa shape index (κ1) is 33.5. The SMILES string of the molecule is CNC(=O)c1c(-c2ccc(F)cc2)oc2ccc(-c3cc(C(=O)CC4(c5ncccn5)CN(C(=O)OC(C)(C)C)C4)c(C)cc3C)c(F)c12. The molecule has 5 aromatic rings. The smallest absolute Gasteiger partial charge is 0.410 e. The highest BCUT2D eigenvalue weighted by molar-refractivity contribution is 6.12. The molecule has 0 radical (unpaired) electrons. The van der Waals surface area contributed by atoms with Crippen molar-refractivity contribution in [1.29, 1.82) is 0 Å². The number of furan rings is 1. The number of fused-ring (bicyclic) bond motifs is 1. The maximum atomic E-state index is 16.7. The van der Waals surface area contributed by atoms with Gasteiger partial charge in [0, 0.05) is 55.6 Å². The monoisotopic (exact) mass is 666 g/mol. The zero-order valence-electron chi connectivity index (χ0n) is 28.1. The summed E-state index contributed by atoms with van der Waals surface area (Å²) >= 11 is 0. The van der Waals surface area contributed by atoms with Crippen molar-refractivity contribution in [1.82, 2.24) is 20.2 Å². The fourth-order valence-electron chi connectivity index (χ4n) is 6.40. The maximum Gasteiger partial charge on any atom is 0.410 e. The average molecular weight is 667 g/mol. The molecule has 3 aromatic carbocycles. The number of hydrogen-bond donors (Lipinski definition) is 1. The molecule has 252 valence electrons. The van der Waals surface area contributed by atoms with Crippen LogP contribution in [0.5, 0.6) is 0 Å². The molecule has 1 aliphatic heterocycles. The number of amides is 2. The zero-order valence-corrected chi connectivity index (χ0v) is 28.1. The van der Waals surface area contributed by atoms with Gasteiger partial charge < -0.3 is 19.4 Å². The van der Waals surface area contributed by atoms with Gasteiger partial charge in [0.25, 0.3) is 5.91 Å². The van der Waals surface area contributed by atoms with E-state index in [1.807, 2.05) is 19.9 Å². The van der Waals surface area contributed by atoms with E-state index >= 15 is 4.39 Å². The first-order valence-corrected chi connectivity index (χ1v) is 15.8. The van der Waals surface area contributed by atoms with Gasteiger partial charge in [0.2, 0.25) is 0 Å². The number of carbonyl (C=O) groups is 3. The number of Topliss-reactive ketones (excluding diaryl/α,β-unsaturated/α-hetero) is 1. The van der Waals surface area contributed by atoms with E-state index in [-0.39, 0.29) is 53.1 Å². The van der Waals surface area contributed by atoms with E-state index in [0.717, 1.165) is 5.56 Å². The molecule has 11 heteroatoms. The molecule has 1 fully saturated rings. The Kier molecular flexibility index (Phi) is 8.56. The molecule has 0 unspecified atom stereocenters. The van der Waals surface area contributed by atoms with Gasteiger partial charge in [-0.05, 0) is 99.8 Å². The molecule has 2 aromatic heterocycles. The Morgan fingerprint density at radius 3 is 2.27 bits per heavy atom. The van der Waals surface area contributed by atoms with Crippen LogP contribution in [0.3, 0.4) is 0 Å². The highest BCUT2D eigenvalue weighted by Crippen LogP contribution is 2.41. The van der Waals surface area contributed by atoms with Crippen LogP contribution in [0, 0.1) is 25.5 Å². The minimum Gasteiger partial charge on any atom is -0.455 e. The number of aromatic nitrogens is 2. The van der Waals surface area contributed by atoms with Crippen LogP contribution in [0.15, 0.2) is 71.4 Å². The van der Waals surface area contributed by atoms with Crippen molar-refractivity contribution in [3.8, 4) is 22.5 Å². The summed E-state index contributed by atoms with van der Waals surface area (Å²) in [4.78, 5) is 50.5. The molecular weight excluding hydrogens is 630 g/mol. The van der Waals surface area contributed by atoms with Gasteiger partial charge in [0.15, 0.2) is 5.78 Å². The molecule has 6 rings (SSSR count). The fourth-order valence-corrected chi connectivity index (χ4v) is 6.40. The molecule has 0 atom stereocenters. The first-order valence-electron chi connectivity index (χ1n) is 15.8. The highest BCUT2D eigenvalue weighted by atomic mass is 19.1. The van der Waals surface area contributed by atoms with E-state index in [0.29, 0.717) is 28.1 Å². The van der Waals surface area contributed by atoms with Gasteiger partial charge in [-0.25, -0.2) is 23.5 Å². The largest absolute Gasteiger partial charge is 0.455 e. The molecule has 0 spiro atoms. The van der Waals surface area contributed by atoms with E-state index in [1.54, 1.807) is 57.4 Å². The number of carbonyl (C=O) groups excluding carboxylic acids is 3. The molecule has 1 N–H and O–H groups in total.